The zero-order valence-electron chi connectivity index (χ0n) is 12.3. The highest BCUT2D eigenvalue weighted by Gasteiger charge is 2.29. The molecule has 0 bridgehead atoms. The number of H-pyrrole nitrogens is 1. The molecule has 0 aromatic carbocycles. The predicted octanol–water partition coefficient (Wildman–Crippen LogP) is 1.68. The number of amides is 2. The van der Waals surface area contributed by atoms with Gasteiger partial charge in [-0.1, -0.05) is 0 Å². The van der Waals surface area contributed by atoms with Crippen molar-refractivity contribution in [1.82, 2.24) is 20.0 Å². The highest BCUT2D eigenvalue weighted by atomic mass is 16.4. The van der Waals surface area contributed by atoms with Crippen molar-refractivity contribution < 1.29 is 14.7 Å². The van der Waals surface area contributed by atoms with Crippen LogP contribution in [0, 0.1) is 0 Å². The maximum absolute atomic E-state index is 12.6. The van der Waals surface area contributed by atoms with Gasteiger partial charge in [0.15, 0.2) is 0 Å². The maximum Gasteiger partial charge on any atom is 0.320 e. The Labute approximate surface area is 123 Å². The SMILES string of the molecule is CN(Cc1cn[nH]c1)C(=O)N1CCCCC1CCC(=O)O. The van der Waals surface area contributed by atoms with Crippen molar-refractivity contribution in [3.63, 3.8) is 0 Å². The number of carbonyl (C=O) groups excluding carboxylic acids is 1. The van der Waals surface area contributed by atoms with Crippen LogP contribution in [0.3, 0.4) is 0 Å². The third-order valence-electron chi connectivity index (χ3n) is 3.87. The highest BCUT2D eigenvalue weighted by Crippen LogP contribution is 2.22. The Morgan fingerprint density at radius 2 is 2.33 bits per heavy atom. The second-order valence-electron chi connectivity index (χ2n) is 5.52. The van der Waals surface area contributed by atoms with Crippen LogP contribution in [-0.2, 0) is 11.3 Å². The van der Waals surface area contributed by atoms with Crippen LogP contribution in [0.25, 0.3) is 0 Å². The first-order chi connectivity index (χ1) is 10.1. The van der Waals surface area contributed by atoms with E-state index >= 15 is 0 Å². The number of rotatable bonds is 5. The summed E-state index contributed by atoms with van der Waals surface area (Å²) in [5, 5.41) is 15.4. The van der Waals surface area contributed by atoms with Gasteiger partial charge in [0.2, 0.25) is 0 Å². The van der Waals surface area contributed by atoms with E-state index in [1.165, 1.54) is 0 Å². The van der Waals surface area contributed by atoms with Crippen LogP contribution in [0.4, 0.5) is 4.79 Å². The second kappa shape index (κ2) is 7.10. The van der Waals surface area contributed by atoms with E-state index in [1.807, 2.05) is 4.90 Å². The zero-order chi connectivity index (χ0) is 15.2. The number of hydrogen-bond acceptors (Lipinski definition) is 3. The van der Waals surface area contributed by atoms with Gasteiger partial charge in [-0.25, -0.2) is 4.79 Å². The summed E-state index contributed by atoms with van der Waals surface area (Å²) in [5.74, 6) is -0.806. The summed E-state index contributed by atoms with van der Waals surface area (Å²) in [5.41, 5.74) is 0.949. The topological polar surface area (TPSA) is 89.5 Å². The Morgan fingerprint density at radius 1 is 1.52 bits per heavy atom. The van der Waals surface area contributed by atoms with Gasteiger partial charge >= 0.3 is 12.0 Å². The molecule has 1 fully saturated rings. The molecule has 7 heteroatoms. The van der Waals surface area contributed by atoms with Gasteiger partial charge < -0.3 is 14.9 Å². The number of aromatic nitrogens is 2. The molecule has 2 amide bonds. The molecule has 21 heavy (non-hydrogen) atoms. The van der Waals surface area contributed by atoms with Gasteiger partial charge in [0.25, 0.3) is 0 Å². The number of carboxylic acids is 1. The van der Waals surface area contributed by atoms with Gasteiger partial charge in [-0.05, 0) is 25.7 Å². The fourth-order valence-electron chi connectivity index (χ4n) is 2.77. The molecule has 1 aliphatic heterocycles. The largest absolute Gasteiger partial charge is 0.481 e. The molecule has 1 aromatic heterocycles. The van der Waals surface area contributed by atoms with E-state index < -0.39 is 5.97 Å². The third-order valence-corrected chi connectivity index (χ3v) is 3.87. The number of nitrogens with one attached hydrogen (secondary N) is 1. The molecule has 0 spiro atoms. The monoisotopic (exact) mass is 294 g/mol. The van der Waals surface area contributed by atoms with Crippen molar-refractivity contribution in [1.29, 1.82) is 0 Å². The van der Waals surface area contributed by atoms with Crippen LogP contribution in [0.1, 0.15) is 37.7 Å². The highest BCUT2D eigenvalue weighted by molar-refractivity contribution is 5.75. The predicted molar refractivity (Wildman–Crippen MR) is 76.7 cm³/mol. The van der Waals surface area contributed by atoms with Crippen LogP contribution in [-0.4, -0.2) is 56.7 Å². The summed E-state index contributed by atoms with van der Waals surface area (Å²) in [6.45, 7) is 1.20. The Balaban J connectivity index is 1.95. The number of aliphatic carboxylic acids is 1. The van der Waals surface area contributed by atoms with Gasteiger partial charge in [0.1, 0.15) is 0 Å². The van der Waals surface area contributed by atoms with Crippen molar-refractivity contribution in [2.75, 3.05) is 13.6 Å². The van der Waals surface area contributed by atoms with E-state index in [4.69, 9.17) is 5.11 Å². The molecular formula is C14H22N4O3. The molecule has 116 valence electrons. The number of carboxylic acid groups (broad SMARTS) is 1. The lowest BCUT2D eigenvalue weighted by atomic mass is 9.98. The minimum atomic E-state index is -0.806. The fourth-order valence-corrected chi connectivity index (χ4v) is 2.77. The molecule has 0 saturated carbocycles. The number of hydrogen-bond donors (Lipinski definition) is 2. The van der Waals surface area contributed by atoms with Crippen LogP contribution in [0.15, 0.2) is 12.4 Å². The lowest BCUT2D eigenvalue weighted by Crippen LogP contribution is -2.49. The molecule has 0 radical (unpaired) electrons. The smallest absolute Gasteiger partial charge is 0.320 e. The van der Waals surface area contributed by atoms with Crippen molar-refractivity contribution >= 4 is 12.0 Å². The van der Waals surface area contributed by atoms with Crippen LogP contribution < -0.4 is 0 Å². The van der Waals surface area contributed by atoms with Crippen molar-refractivity contribution in [3.05, 3.63) is 18.0 Å². The summed E-state index contributed by atoms with van der Waals surface area (Å²) < 4.78 is 0. The van der Waals surface area contributed by atoms with E-state index in [-0.39, 0.29) is 18.5 Å². The van der Waals surface area contributed by atoms with E-state index in [9.17, 15) is 9.59 Å². The maximum atomic E-state index is 12.6. The summed E-state index contributed by atoms with van der Waals surface area (Å²) in [7, 11) is 1.76. The van der Waals surface area contributed by atoms with Crippen LogP contribution in [0.2, 0.25) is 0 Å². The molecule has 7 nitrogen and oxygen atoms in total. The molecule has 0 aliphatic carbocycles. The minimum absolute atomic E-state index is 0.0358. The Bertz CT molecular complexity index is 475. The van der Waals surface area contributed by atoms with Crippen LogP contribution >= 0.6 is 0 Å². The number of urea groups is 1. The van der Waals surface area contributed by atoms with Gasteiger partial charge in [-0.15, -0.1) is 0 Å². The summed E-state index contributed by atoms with van der Waals surface area (Å²) in [4.78, 5) is 26.8. The quantitative estimate of drug-likeness (QED) is 0.864. The van der Waals surface area contributed by atoms with Gasteiger partial charge in [-0.2, -0.15) is 5.10 Å². The van der Waals surface area contributed by atoms with E-state index in [2.05, 4.69) is 10.2 Å². The van der Waals surface area contributed by atoms with Gasteiger partial charge in [-0.3, -0.25) is 9.89 Å². The average molecular weight is 294 g/mol. The fraction of sp³-hybridized carbons (Fsp3) is 0.643. The normalized spacial score (nSPS) is 18.5. The van der Waals surface area contributed by atoms with Gasteiger partial charge in [0.05, 0.1) is 12.7 Å². The molecule has 1 saturated heterocycles. The summed E-state index contributed by atoms with van der Waals surface area (Å²) in [6, 6.07) is 0.000406. The van der Waals surface area contributed by atoms with Crippen molar-refractivity contribution in [2.45, 2.75) is 44.7 Å². The minimum Gasteiger partial charge on any atom is -0.481 e. The first-order valence-electron chi connectivity index (χ1n) is 7.29. The van der Waals surface area contributed by atoms with Crippen molar-refractivity contribution in [2.24, 2.45) is 0 Å². The Hall–Kier alpha value is -2.05. The number of aromatic amines is 1. The van der Waals surface area contributed by atoms with E-state index in [0.717, 1.165) is 24.8 Å². The molecule has 1 aromatic rings. The summed E-state index contributed by atoms with van der Waals surface area (Å²) in [6.07, 6.45) is 7.03. The lowest BCUT2D eigenvalue weighted by Gasteiger charge is -2.38. The lowest BCUT2D eigenvalue weighted by molar-refractivity contribution is -0.137. The molecule has 1 unspecified atom stereocenters. The van der Waals surface area contributed by atoms with E-state index in [0.29, 0.717) is 19.5 Å². The average Bonchev–Trinajstić information content (AvgIpc) is 2.97. The second-order valence-corrected chi connectivity index (χ2v) is 5.52. The third kappa shape index (κ3) is 4.21. The molecule has 1 aliphatic rings. The molecule has 1 atom stereocenters. The zero-order valence-corrected chi connectivity index (χ0v) is 12.3. The van der Waals surface area contributed by atoms with Crippen LogP contribution in [0.5, 0.6) is 0 Å². The van der Waals surface area contributed by atoms with Crippen molar-refractivity contribution in [3.8, 4) is 0 Å². The number of piperidine rings is 1. The molecule has 2 rings (SSSR count). The first kappa shape index (κ1) is 15.3. The number of carbonyl (C=O) groups is 2. The number of nitrogens with zero attached hydrogens (tertiary/aromatic N) is 3. The van der Waals surface area contributed by atoms with Gasteiger partial charge in [0, 0.05) is 37.8 Å². The molecular weight excluding hydrogens is 272 g/mol. The summed E-state index contributed by atoms with van der Waals surface area (Å²) >= 11 is 0. The van der Waals surface area contributed by atoms with E-state index in [1.54, 1.807) is 24.3 Å². The Morgan fingerprint density at radius 3 is 3.00 bits per heavy atom. The standard InChI is InChI=1S/C14H22N4O3/c1-17(10-11-8-15-16-9-11)14(21)18-7-3-2-4-12(18)5-6-13(19)20/h8-9,12H,2-7,10H2,1H3,(H,15,16)(H,19,20). The Kier molecular flexibility index (Phi) is 5.19. The molecule has 2 N–H and O–H groups in total. The number of likely N-dealkylation sites (tertiary alicyclic amines) is 1. The first-order valence-corrected chi connectivity index (χ1v) is 7.29. The molecule has 2 heterocycles.